The van der Waals surface area contributed by atoms with Gasteiger partial charge in [-0.3, -0.25) is 4.90 Å². The molecule has 1 aromatic carbocycles. The lowest BCUT2D eigenvalue weighted by molar-refractivity contribution is 0.254. The number of rotatable bonds is 3. The Hall–Kier alpha value is -2.20. The molecule has 2 aromatic rings. The van der Waals surface area contributed by atoms with E-state index in [2.05, 4.69) is 34.3 Å². The van der Waals surface area contributed by atoms with Crippen molar-refractivity contribution in [1.29, 1.82) is 0 Å². The normalized spacial score (nSPS) is 19.9. The summed E-state index contributed by atoms with van der Waals surface area (Å²) in [5, 5.41) is 0. The number of nitrogens with zero attached hydrogens (tertiary/aromatic N) is 3. The Labute approximate surface area is 142 Å². The van der Waals surface area contributed by atoms with Gasteiger partial charge in [-0.15, -0.1) is 0 Å². The second kappa shape index (κ2) is 5.71. The van der Waals surface area contributed by atoms with Crippen LogP contribution in [0, 0.1) is 0 Å². The lowest BCUT2D eigenvalue weighted by Gasteiger charge is -2.30. The van der Waals surface area contributed by atoms with Gasteiger partial charge in [-0.2, -0.15) is 0 Å². The van der Waals surface area contributed by atoms with Crippen molar-refractivity contribution in [3.8, 4) is 5.75 Å². The minimum absolute atomic E-state index is 0.637. The van der Waals surface area contributed by atoms with E-state index in [0.29, 0.717) is 12.5 Å². The zero-order valence-electron chi connectivity index (χ0n) is 13.7. The minimum atomic E-state index is 0.637. The van der Waals surface area contributed by atoms with E-state index in [-0.39, 0.29) is 0 Å². The second-order valence-corrected chi connectivity index (χ2v) is 7.06. The number of para-hydroxylation sites is 1. The van der Waals surface area contributed by atoms with E-state index < -0.39 is 0 Å². The Morgan fingerprint density at radius 3 is 3.04 bits per heavy atom. The lowest BCUT2D eigenvalue weighted by Crippen LogP contribution is -2.34. The molecule has 1 saturated carbocycles. The molecule has 1 fully saturated rings. The Balaban J connectivity index is 1.30. The molecule has 2 aliphatic heterocycles. The molecule has 1 aliphatic carbocycles. The van der Waals surface area contributed by atoms with Crippen molar-refractivity contribution in [3.63, 3.8) is 0 Å². The Bertz CT molecular complexity index is 810. The predicted molar refractivity (Wildman–Crippen MR) is 92.9 cm³/mol. The Kier molecular flexibility index (Phi) is 3.37. The van der Waals surface area contributed by atoms with E-state index in [9.17, 15) is 0 Å². The third kappa shape index (κ3) is 2.71. The maximum atomic E-state index is 5.88. The maximum absolute atomic E-state index is 5.88. The van der Waals surface area contributed by atoms with Crippen LogP contribution in [-0.4, -0.2) is 34.6 Å². The Morgan fingerprint density at radius 2 is 2.12 bits per heavy atom. The van der Waals surface area contributed by atoms with Crippen LogP contribution >= 0.6 is 0 Å². The molecule has 0 saturated heterocycles. The number of aromatic nitrogens is 2. The molecule has 4 heteroatoms. The van der Waals surface area contributed by atoms with Crippen LogP contribution in [0.15, 0.2) is 36.0 Å². The summed E-state index contributed by atoms with van der Waals surface area (Å²) in [6, 6.07) is 8.24. The van der Waals surface area contributed by atoms with Gasteiger partial charge in [0.1, 0.15) is 18.2 Å². The van der Waals surface area contributed by atoms with Gasteiger partial charge in [-0.1, -0.05) is 18.2 Å². The van der Waals surface area contributed by atoms with Crippen LogP contribution in [0.1, 0.15) is 41.4 Å². The smallest absolute Gasteiger partial charge is 0.131 e. The first-order chi connectivity index (χ1) is 11.8. The van der Waals surface area contributed by atoms with Crippen LogP contribution < -0.4 is 4.74 Å². The van der Waals surface area contributed by atoms with Crippen molar-refractivity contribution in [2.24, 2.45) is 0 Å². The highest BCUT2D eigenvalue weighted by Gasteiger charge is 2.28. The molecule has 0 amide bonds. The molecule has 0 unspecified atom stereocenters. The van der Waals surface area contributed by atoms with Crippen molar-refractivity contribution >= 4 is 6.08 Å². The summed E-state index contributed by atoms with van der Waals surface area (Å²) in [5.41, 5.74) is 5.09. The van der Waals surface area contributed by atoms with E-state index in [1.807, 2.05) is 12.1 Å². The molecule has 122 valence electrons. The van der Waals surface area contributed by atoms with Gasteiger partial charge in [0.15, 0.2) is 0 Å². The fourth-order valence-corrected chi connectivity index (χ4v) is 3.60. The van der Waals surface area contributed by atoms with Crippen LogP contribution in [0.25, 0.3) is 6.08 Å². The number of ether oxygens (including phenoxy) is 1. The third-order valence-electron chi connectivity index (χ3n) is 5.09. The van der Waals surface area contributed by atoms with Crippen LogP contribution in [0.2, 0.25) is 0 Å². The van der Waals surface area contributed by atoms with Gasteiger partial charge < -0.3 is 4.74 Å². The Morgan fingerprint density at radius 1 is 1.21 bits per heavy atom. The molecule has 5 rings (SSSR count). The number of benzene rings is 1. The second-order valence-electron chi connectivity index (χ2n) is 7.06. The van der Waals surface area contributed by atoms with Gasteiger partial charge in [0.25, 0.3) is 0 Å². The van der Waals surface area contributed by atoms with Gasteiger partial charge in [-0.25, -0.2) is 9.97 Å². The van der Waals surface area contributed by atoms with E-state index in [4.69, 9.17) is 9.72 Å². The first-order valence-corrected chi connectivity index (χ1v) is 8.83. The number of hydrogen-bond donors (Lipinski definition) is 0. The average molecular weight is 319 g/mol. The molecule has 0 radical (unpaired) electrons. The van der Waals surface area contributed by atoms with Crippen molar-refractivity contribution < 1.29 is 4.74 Å². The monoisotopic (exact) mass is 319 g/mol. The molecule has 24 heavy (non-hydrogen) atoms. The summed E-state index contributed by atoms with van der Waals surface area (Å²) in [7, 11) is 0. The summed E-state index contributed by atoms with van der Waals surface area (Å²) >= 11 is 0. The van der Waals surface area contributed by atoms with Gasteiger partial charge in [0.05, 0.1) is 0 Å². The topological polar surface area (TPSA) is 38.2 Å². The molecule has 4 nitrogen and oxygen atoms in total. The molecule has 3 heterocycles. The summed E-state index contributed by atoms with van der Waals surface area (Å²) in [6.07, 6.45) is 7.90. The zero-order valence-corrected chi connectivity index (χ0v) is 13.7. The SMILES string of the molecule is C1=C(CN2CCc3nc(C4CC4)ncc3C2)COc2ccccc21. The highest BCUT2D eigenvalue weighted by molar-refractivity contribution is 5.62. The van der Waals surface area contributed by atoms with Gasteiger partial charge in [0, 0.05) is 55.0 Å². The summed E-state index contributed by atoms with van der Waals surface area (Å²) in [4.78, 5) is 11.9. The third-order valence-corrected chi connectivity index (χ3v) is 5.09. The quantitative estimate of drug-likeness (QED) is 0.871. The molecular weight excluding hydrogens is 298 g/mol. The number of fused-ring (bicyclic) bond motifs is 2. The van der Waals surface area contributed by atoms with Crippen molar-refractivity contribution in [3.05, 3.63) is 58.7 Å². The van der Waals surface area contributed by atoms with Gasteiger partial charge >= 0.3 is 0 Å². The van der Waals surface area contributed by atoms with Crippen molar-refractivity contribution in [2.75, 3.05) is 19.7 Å². The fraction of sp³-hybridized carbons (Fsp3) is 0.400. The van der Waals surface area contributed by atoms with E-state index in [1.54, 1.807) is 0 Å². The summed E-state index contributed by atoms with van der Waals surface area (Å²) in [5.74, 6) is 2.70. The van der Waals surface area contributed by atoms with E-state index in [0.717, 1.165) is 37.6 Å². The first kappa shape index (κ1) is 14.2. The predicted octanol–water partition coefficient (Wildman–Crippen LogP) is 3.19. The average Bonchev–Trinajstić information content (AvgIpc) is 3.46. The van der Waals surface area contributed by atoms with Crippen LogP contribution in [-0.2, 0) is 13.0 Å². The first-order valence-electron chi connectivity index (χ1n) is 8.83. The fourth-order valence-electron chi connectivity index (χ4n) is 3.60. The highest BCUT2D eigenvalue weighted by atomic mass is 16.5. The standard InChI is InChI=1S/C20H21N3O/c1-2-4-19-16(3-1)9-14(13-24-19)11-23-8-7-18-17(12-23)10-21-20(22-18)15-5-6-15/h1-4,9-10,15H,5-8,11-13H2. The van der Waals surface area contributed by atoms with Crippen molar-refractivity contribution in [2.45, 2.75) is 31.7 Å². The zero-order chi connectivity index (χ0) is 15.9. The van der Waals surface area contributed by atoms with Crippen molar-refractivity contribution in [1.82, 2.24) is 14.9 Å². The highest BCUT2D eigenvalue weighted by Crippen LogP contribution is 2.38. The van der Waals surface area contributed by atoms with E-state index >= 15 is 0 Å². The molecule has 0 spiro atoms. The van der Waals surface area contributed by atoms with Crippen LogP contribution in [0.4, 0.5) is 0 Å². The summed E-state index contributed by atoms with van der Waals surface area (Å²) < 4.78 is 5.88. The molecule has 1 aromatic heterocycles. The summed E-state index contributed by atoms with van der Waals surface area (Å²) in [6.45, 7) is 3.65. The van der Waals surface area contributed by atoms with E-state index in [1.165, 1.54) is 35.2 Å². The molecule has 0 N–H and O–H groups in total. The molecule has 3 aliphatic rings. The lowest BCUT2D eigenvalue weighted by atomic mass is 10.0. The molecule has 0 bridgehead atoms. The van der Waals surface area contributed by atoms with Gasteiger partial charge in [-0.05, 0) is 30.6 Å². The minimum Gasteiger partial charge on any atom is -0.489 e. The number of hydrogen-bond acceptors (Lipinski definition) is 4. The largest absolute Gasteiger partial charge is 0.489 e. The maximum Gasteiger partial charge on any atom is 0.131 e. The van der Waals surface area contributed by atoms with Crippen LogP contribution in [0.3, 0.4) is 0 Å². The molecular formula is C20H21N3O. The molecule has 0 atom stereocenters. The van der Waals surface area contributed by atoms with Crippen LogP contribution in [0.5, 0.6) is 5.75 Å². The van der Waals surface area contributed by atoms with Gasteiger partial charge in [0.2, 0.25) is 0 Å².